The van der Waals surface area contributed by atoms with Crippen molar-refractivity contribution in [3.8, 4) is 0 Å². The Morgan fingerprint density at radius 1 is 1.06 bits per heavy atom. The molecule has 2 amide bonds. The maximum atomic E-state index is 13.2. The molecule has 0 spiro atoms. The number of benzene rings is 1. The van der Waals surface area contributed by atoms with Crippen LogP contribution in [0.4, 0.5) is 0 Å². The number of hydrogen-bond donors (Lipinski definition) is 2. The third-order valence-electron chi connectivity index (χ3n) is 6.88. The minimum Gasteiger partial charge on any atom is -0.356 e. The highest BCUT2D eigenvalue weighted by atomic mass is 35.5. The van der Waals surface area contributed by atoms with E-state index in [1.165, 1.54) is 18.8 Å². The van der Waals surface area contributed by atoms with Crippen molar-refractivity contribution in [2.75, 3.05) is 19.6 Å². The van der Waals surface area contributed by atoms with E-state index >= 15 is 0 Å². The van der Waals surface area contributed by atoms with Crippen molar-refractivity contribution in [1.82, 2.24) is 25.1 Å². The van der Waals surface area contributed by atoms with E-state index in [0.29, 0.717) is 35.7 Å². The van der Waals surface area contributed by atoms with E-state index in [-0.39, 0.29) is 23.3 Å². The number of likely N-dealkylation sites (tertiary alicyclic amines) is 2. The highest BCUT2D eigenvalue weighted by Crippen LogP contribution is 2.23. The Balaban J connectivity index is 1.24. The number of aromatic nitrogens is 2. The maximum absolute atomic E-state index is 13.2. The molecule has 3 aromatic rings. The summed E-state index contributed by atoms with van der Waals surface area (Å²) in [6.07, 6.45) is 7.16. The summed E-state index contributed by atoms with van der Waals surface area (Å²) in [7, 11) is 0. The van der Waals surface area contributed by atoms with Gasteiger partial charge in [-0.2, -0.15) is 0 Å². The molecular weight excluding hydrogens is 478 g/mol. The van der Waals surface area contributed by atoms with Gasteiger partial charge in [-0.15, -0.1) is 0 Å². The van der Waals surface area contributed by atoms with E-state index in [2.05, 4.69) is 20.2 Å². The van der Waals surface area contributed by atoms with Gasteiger partial charge >= 0.3 is 0 Å². The van der Waals surface area contributed by atoms with Crippen molar-refractivity contribution in [3.05, 3.63) is 88.0 Å². The average molecular weight is 506 g/mol. The van der Waals surface area contributed by atoms with Crippen LogP contribution in [0.5, 0.6) is 0 Å². The molecule has 5 rings (SSSR count). The number of nitrogens with one attached hydrogen (secondary N) is 2. The standard InChI is InChI=1S/C27H28ClN5O3/c28-22-7-6-19(17-32-9-3-10-32)20(12-22)15-31-26(35)24-5-2-11-33(24)27(36)23-13-21(16-30-23)25(34)18-4-1-8-29-14-18/h1,4,6-8,12-14,16,24,30H,2-3,5,9-11,15,17H2,(H,31,35)/t24-/m0/s1. The lowest BCUT2D eigenvalue weighted by Crippen LogP contribution is -2.46. The van der Waals surface area contributed by atoms with Gasteiger partial charge in [0.2, 0.25) is 5.91 Å². The highest BCUT2D eigenvalue weighted by molar-refractivity contribution is 6.30. The molecule has 1 aromatic carbocycles. The van der Waals surface area contributed by atoms with Crippen LogP contribution >= 0.6 is 11.6 Å². The van der Waals surface area contributed by atoms with E-state index in [4.69, 9.17) is 11.6 Å². The average Bonchev–Trinajstić information content (AvgIpc) is 3.56. The Morgan fingerprint density at radius 3 is 2.67 bits per heavy atom. The molecule has 2 saturated heterocycles. The molecule has 2 fully saturated rings. The number of pyridine rings is 1. The first kappa shape index (κ1) is 24.2. The third kappa shape index (κ3) is 5.20. The molecule has 36 heavy (non-hydrogen) atoms. The van der Waals surface area contributed by atoms with Gasteiger partial charge in [0.1, 0.15) is 11.7 Å². The summed E-state index contributed by atoms with van der Waals surface area (Å²) >= 11 is 6.23. The Kier molecular flexibility index (Phi) is 7.16. The quantitative estimate of drug-likeness (QED) is 0.457. The first-order valence-electron chi connectivity index (χ1n) is 12.2. The number of amides is 2. The summed E-state index contributed by atoms with van der Waals surface area (Å²) in [5.74, 6) is -0.697. The lowest BCUT2D eigenvalue weighted by Gasteiger charge is -2.31. The second kappa shape index (κ2) is 10.6. The fourth-order valence-electron chi connectivity index (χ4n) is 4.74. The van der Waals surface area contributed by atoms with Crippen molar-refractivity contribution < 1.29 is 14.4 Å². The van der Waals surface area contributed by atoms with Crippen LogP contribution in [0.3, 0.4) is 0 Å². The normalized spacial score (nSPS) is 17.6. The fourth-order valence-corrected chi connectivity index (χ4v) is 4.94. The molecule has 2 aromatic heterocycles. The number of carbonyl (C=O) groups excluding carboxylic acids is 3. The number of carbonyl (C=O) groups is 3. The van der Waals surface area contributed by atoms with Crippen LogP contribution in [0, 0.1) is 0 Å². The monoisotopic (exact) mass is 505 g/mol. The van der Waals surface area contributed by atoms with Gasteiger partial charge in [0.25, 0.3) is 5.91 Å². The summed E-state index contributed by atoms with van der Waals surface area (Å²) in [6, 6.07) is 10.1. The lowest BCUT2D eigenvalue weighted by atomic mass is 10.0. The number of hydrogen-bond acceptors (Lipinski definition) is 5. The summed E-state index contributed by atoms with van der Waals surface area (Å²) < 4.78 is 0. The van der Waals surface area contributed by atoms with Gasteiger partial charge in [-0.1, -0.05) is 17.7 Å². The van der Waals surface area contributed by atoms with Crippen LogP contribution in [-0.4, -0.2) is 63.0 Å². The molecule has 1 atom stereocenters. The minimum absolute atomic E-state index is 0.186. The molecule has 186 valence electrons. The van der Waals surface area contributed by atoms with Gasteiger partial charge in [-0.3, -0.25) is 24.3 Å². The van der Waals surface area contributed by atoms with E-state index in [1.807, 2.05) is 18.2 Å². The number of rotatable bonds is 8. The number of nitrogens with zero attached hydrogens (tertiary/aromatic N) is 3. The van der Waals surface area contributed by atoms with Gasteiger partial charge in [0.05, 0.1) is 0 Å². The van der Waals surface area contributed by atoms with Gasteiger partial charge < -0.3 is 15.2 Å². The highest BCUT2D eigenvalue weighted by Gasteiger charge is 2.35. The Bertz CT molecular complexity index is 1270. The van der Waals surface area contributed by atoms with E-state index in [1.54, 1.807) is 29.3 Å². The second-order valence-electron chi connectivity index (χ2n) is 9.29. The largest absolute Gasteiger partial charge is 0.356 e. The second-order valence-corrected chi connectivity index (χ2v) is 9.73. The van der Waals surface area contributed by atoms with E-state index < -0.39 is 6.04 Å². The predicted molar refractivity (Wildman–Crippen MR) is 136 cm³/mol. The van der Waals surface area contributed by atoms with Gasteiger partial charge in [-0.05, 0) is 73.8 Å². The summed E-state index contributed by atoms with van der Waals surface area (Å²) in [6.45, 7) is 3.85. The number of ketones is 1. The molecule has 0 radical (unpaired) electrons. The zero-order chi connectivity index (χ0) is 25.1. The molecule has 0 unspecified atom stereocenters. The molecular formula is C27H28ClN5O3. The summed E-state index contributed by atoms with van der Waals surface area (Å²) in [5, 5.41) is 3.65. The molecule has 4 heterocycles. The first-order valence-corrected chi connectivity index (χ1v) is 12.6. The zero-order valence-corrected chi connectivity index (χ0v) is 20.6. The third-order valence-corrected chi connectivity index (χ3v) is 7.11. The van der Waals surface area contributed by atoms with Gasteiger partial charge in [0, 0.05) is 54.4 Å². The Labute approximate surface area is 214 Å². The number of halogens is 1. The smallest absolute Gasteiger partial charge is 0.270 e. The fraction of sp³-hybridized carbons (Fsp3) is 0.333. The van der Waals surface area contributed by atoms with Crippen molar-refractivity contribution in [2.45, 2.75) is 38.4 Å². The molecule has 0 aliphatic carbocycles. The van der Waals surface area contributed by atoms with Crippen LogP contribution in [0.1, 0.15) is 56.8 Å². The SMILES string of the molecule is O=C(c1cccnc1)c1c[nH]c(C(=O)N2CCC[C@H]2C(=O)NCc2cc(Cl)ccc2CN2CCC2)c1. The Hall–Kier alpha value is -3.49. The lowest BCUT2D eigenvalue weighted by molar-refractivity contribution is -0.125. The summed E-state index contributed by atoms with van der Waals surface area (Å²) in [4.78, 5) is 49.9. The van der Waals surface area contributed by atoms with Crippen LogP contribution < -0.4 is 5.32 Å². The maximum Gasteiger partial charge on any atom is 0.270 e. The van der Waals surface area contributed by atoms with Crippen molar-refractivity contribution in [3.63, 3.8) is 0 Å². The van der Waals surface area contributed by atoms with Crippen molar-refractivity contribution in [2.24, 2.45) is 0 Å². The molecule has 2 aliphatic rings. The van der Waals surface area contributed by atoms with Crippen LogP contribution in [0.15, 0.2) is 55.0 Å². The summed E-state index contributed by atoms with van der Waals surface area (Å²) in [5.41, 5.74) is 3.25. The van der Waals surface area contributed by atoms with E-state index in [9.17, 15) is 14.4 Å². The predicted octanol–water partition coefficient (Wildman–Crippen LogP) is 3.42. The molecule has 2 N–H and O–H groups in total. The molecule has 9 heteroatoms. The van der Waals surface area contributed by atoms with Crippen molar-refractivity contribution >= 4 is 29.2 Å². The molecule has 2 aliphatic heterocycles. The van der Waals surface area contributed by atoms with Crippen LogP contribution in [-0.2, 0) is 17.9 Å². The van der Waals surface area contributed by atoms with Crippen LogP contribution in [0.2, 0.25) is 5.02 Å². The number of H-pyrrole nitrogens is 1. The topological polar surface area (TPSA) is 98.4 Å². The van der Waals surface area contributed by atoms with Crippen LogP contribution in [0.25, 0.3) is 0 Å². The zero-order valence-electron chi connectivity index (χ0n) is 19.9. The Morgan fingerprint density at radius 2 is 1.92 bits per heavy atom. The van der Waals surface area contributed by atoms with E-state index in [0.717, 1.165) is 37.2 Å². The molecule has 0 bridgehead atoms. The molecule has 0 saturated carbocycles. The van der Waals surface area contributed by atoms with Crippen molar-refractivity contribution in [1.29, 1.82) is 0 Å². The molecule has 8 nitrogen and oxygen atoms in total. The first-order chi connectivity index (χ1) is 17.5. The van der Waals surface area contributed by atoms with Gasteiger partial charge in [0.15, 0.2) is 5.78 Å². The minimum atomic E-state index is -0.559. The number of aromatic amines is 1. The van der Waals surface area contributed by atoms with Gasteiger partial charge in [-0.25, -0.2) is 0 Å².